The van der Waals surface area contributed by atoms with E-state index in [2.05, 4.69) is 5.32 Å². The minimum Gasteiger partial charge on any atom is -0.356 e. The molecule has 2 amide bonds. The van der Waals surface area contributed by atoms with E-state index in [-0.39, 0.29) is 17.7 Å². The van der Waals surface area contributed by atoms with Crippen molar-refractivity contribution < 1.29 is 9.59 Å². The number of nitrogens with zero attached hydrogens (tertiary/aromatic N) is 1. The zero-order valence-electron chi connectivity index (χ0n) is 13.7. The molecule has 1 aromatic rings. The van der Waals surface area contributed by atoms with Crippen LogP contribution < -0.4 is 5.32 Å². The number of nitrogens with one attached hydrogen (secondary N) is 1. The quantitative estimate of drug-likeness (QED) is 0.878. The van der Waals surface area contributed by atoms with E-state index in [1.54, 1.807) is 0 Å². The number of hydrogen-bond acceptors (Lipinski definition) is 2. The fourth-order valence-electron chi connectivity index (χ4n) is 3.75. The second kappa shape index (κ2) is 7.62. The van der Waals surface area contributed by atoms with Gasteiger partial charge >= 0.3 is 0 Å². The molecule has 2 aliphatic rings. The minimum absolute atomic E-state index is 0.158. The summed E-state index contributed by atoms with van der Waals surface area (Å²) >= 11 is 0. The van der Waals surface area contributed by atoms with E-state index in [1.807, 2.05) is 35.2 Å². The van der Waals surface area contributed by atoms with Gasteiger partial charge in [0.1, 0.15) is 0 Å². The first-order valence-electron chi connectivity index (χ1n) is 8.79. The fourth-order valence-corrected chi connectivity index (χ4v) is 3.75. The average molecular weight is 314 g/mol. The molecule has 1 aliphatic heterocycles. The van der Waals surface area contributed by atoms with Gasteiger partial charge in [-0.25, -0.2) is 0 Å². The zero-order valence-corrected chi connectivity index (χ0v) is 13.7. The normalized spacial score (nSPS) is 21.8. The minimum atomic E-state index is 0.158. The molecule has 1 saturated carbocycles. The Hall–Kier alpha value is -1.84. The smallest absolute Gasteiger partial charge is 0.223 e. The van der Waals surface area contributed by atoms with Crippen molar-refractivity contribution in [2.45, 2.75) is 45.1 Å². The highest BCUT2D eigenvalue weighted by molar-refractivity contribution is 5.79. The molecule has 2 fully saturated rings. The highest BCUT2D eigenvalue weighted by Crippen LogP contribution is 2.27. The van der Waals surface area contributed by atoms with Crippen molar-refractivity contribution in [2.24, 2.45) is 11.8 Å². The lowest BCUT2D eigenvalue weighted by Gasteiger charge is -2.17. The van der Waals surface area contributed by atoms with Crippen molar-refractivity contribution in [3.8, 4) is 0 Å². The molecule has 0 spiro atoms. The Bertz CT molecular complexity index is 538. The molecule has 4 heteroatoms. The molecule has 0 aromatic heterocycles. The Morgan fingerprint density at radius 2 is 1.87 bits per heavy atom. The van der Waals surface area contributed by atoms with Crippen molar-refractivity contribution >= 4 is 11.8 Å². The van der Waals surface area contributed by atoms with Gasteiger partial charge in [-0.15, -0.1) is 0 Å². The maximum atomic E-state index is 12.1. The summed E-state index contributed by atoms with van der Waals surface area (Å²) in [6, 6.07) is 10.1. The van der Waals surface area contributed by atoms with Crippen LogP contribution in [0.4, 0.5) is 0 Å². The highest BCUT2D eigenvalue weighted by Gasteiger charge is 2.29. The maximum absolute atomic E-state index is 12.1. The van der Waals surface area contributed by atoms with E-state index in [9.17, 15) is 9.59 Å². The van der Waals surface area contributed by atoms with E-state index in [0.717, 1.165) is 12.1 Å². The van der Waals surface area contributed by atoms with Gasteiger partial charge in [0, 0.05) is 38.4 Å². The van der Waals surface area contributed by atoms with Crippen molar-refractivity contribution in [3.05, 3.63) is 35.9 Å². The Morgan fingerprint density at radius 3 is 2.61 bits per heavy atom. The Morgan fingerprint density at radius 1 is 1.13 bits per heavy atom. The van der Waals surface area contributed by atoms with Gasteiger partial charge < -0.3 is 10.2 Å². The lowest BCUT2D eigenvalue weighted by molar-refractivity contribution is -0.128. The van der Waals surface area contributed by atoms with E-state index in [0.29, 0.717) is 31.8 Å². The van der Waals surface area contributed by atoms with Crippen molar-refractivity contribution in [2.75, 3.05) is 13.1 Å². The molecule has 1 saturated heterocycles. The van der Waals surface area contributed by atoms with Crippen LogP contribution in [0.3, 0.4) is 0 Å². The molecule has 4 nitrogen and oxygen atoms in total. The third-order valence-electron chi connectivity index (χ3n) is 5.05. The number of carbonyl (C=O) groups is 2. The number of hydrogen-bond donors (Lipinski definition) is 1. The standard InChI is InChI=1S/C19H26N2O2/c22-18(10-15-6-4-5-7-15)20-12-17-11-19(23)21(14-17)13-16-8-2-1-3-9-16/h1-3,8-9,15,17H,4-7,10-14H2,(H,20,22)/t17-/m0/s1. The highest BCUT2D eigenvalue weighted by atomic mass is 16.2. The second-order valence-corrected chi connectivity index (χ2v) is 6.99. The van der Waals surface area contributed by atoms with Crippen LogP contribution >= 0.6 is 0 Å². The van der Waals surface area contributed by atoms with Crippen LogP contribution in [0, 0.1) is 11.8 Å². The van der Waals surface area contributed by atoms with Crippen LogP contribution in [-0.4, -0.2) is 29.8 Å². The summed E-state index contributed by atoms with van der Waals surface area (Å²) in [5.41, 5.74) is 1.16. The van der Waals surface area contributed by atoms with Gasteiger partial charge in [0.05, 0.1) is 0 Å². The molecule has 0 radical (unpaired) electrons. The Labute approximate surface area is 138 Å². The maximum Gasteiger partial charge on any atom is 0.223 e. The molecule has 3 rings (SSSR count). The molecule has 1 atom stereocenters. The molecular weight excluding hydrogens is 288 g/mol. The average Bonchev–Trinajstić information content (AvgIpc) is 3.17. The van der Waals surface area contributed by atoms with Crippen molar-refractivity contribution in [3.63, 3.8) is 0 Å². The van der Waals surface area contributed by atoms with Crippen LogP contribution in [0.15, 0.2) is 30.3 Å². The first-order valence-corrected chi connectivity index (χ1v) is 8.79. The number of amides is 2. The van der Waals surface area contributed by atoms with Gasteiger partial charge in [0.15, 0.2) is 0 Å². The predicted molar refractivity (Wildman–Crippen MR) is 89.6 cm³/mol. The lowest BCUT2D eigenvalue weighted by atomic mass is 10.0. The van der Waals surface area contributed by atoms with Gasteiger partial charge in [0.25, 0.3) is 0 Å². The SMILES string of the molecule is O=C(CC1CCCC1)NC[C@@H]1CC(=O)N(Cc2ccccc2)C1. The summed E-state index contributed by atoms with van der Waals surface area (Å²) in [5.74, 6) is 1.18. The predicted octanol–water partition coefficient (Wildman–Crippen LogP) is 2.73. The second-order valence-electron chi connectivity index (χ2n) is 6.99. The molecule has 1 heterocycles. The van der Waals surface area contributed by atoms with Crippen molar-refractivity contribution in [1.82, 2.24) is 10.2 Å². The van der Waals surface area contributed by atoms with E-state index >= 15 is 0 Å². The molecule has 1 aromatic carbocycles. The molecular formula is C19H26N2O2. The summed E-state index contributed by atoms with van der Waals surface area (Å²) in [7, 11) is 0. The summed E-state index contributed by atoms with van der Waals surface area (Å²) in [6.45, 7) is 2.05. The van der Waals surface area contributed by atoms with Gasteiger partial charge in [0.2, 0.25) is 11.8 Å². The largest absolute Gasteiger partial charge is 0.356 e. The molecule has 0 unspecified atom stereocenters. The number of likely N-dealkylation sites (tertiary alicyclic amines) is 1. The van der Waals surface area contributed by atoms with Crippen molar-refractivity contribution in [1.29, 1.82) is 0 Å². The van der Waals surface area contributed by atoms with E-state index in [4.69, 9.17) is 0 Å². The van der Waals surface area contributed by atoms with Crippen LogP contribution in [-0.2, 0) is 16.1 Å². The summed E-state index contributed by atoms with van der Waals surface area (Å²) in [5, 5.41) is 3.04. The summed E-state index contributed by atoms with van der Waals surface area (Å²) in [6.07, 6.45) is 6.14. The zero-order chi connectivity index (χ0) is 16.1. The van der Waals surface area contributed by atoms with Gasteiger partial charge in [-0.2, -0.15) is 0 Å². The van der Waals surface area contributed by atoms with Crippen LogP contribution in [0.2, 0.25) is 0 Å². The Kier molecular flexibility index (Phi) is 5.31. The monoisotopic (exact) mass is 314 g/mol. The molecule has 0 bridgehead atoms. The lowest BCUT2D eigenvalue weighted by Crippen LogP contribution is -2.31. The molecule has 1 N–H and O–H groups in total. The van der Waals surface area contributed by atoms with E-state index in [1.165, 1.54) is 25.7 Å². The third-order valence-corrected chi connectivity index (χ3v) is 5.05. The third kappa shape index (κ3) is 4.57. The first-order chi connectivity index (χ1) is 11.2. The van der Waals surface area contributed by atoms with Gasteiger partial charge in [-0.1, -0.05) is 43.2 Å². The van der Waals surface area contributed by atoms with E-state index < -0.39 is 0 Å². The number of benzene rings is 1. The van der Waals surface area contributed by atoms with Crippen LogP contribution in [0.25, 0.3) is 0 Å². The topological polar surface area (TPSA) is 49.4 Å². The fraction of sp³-hybridized carbons (Fsp3) is 0.579. The molecule has 23 heavy (non-hydrogen) atoms. The first kappa shape index (κ1) is 16.0. The number of rotatable bonds is 6. The summed E-state index contributed by atoms with van der Waals surface area (Å²) in [4.78, 5) is 26.0. The molecule has 1 aliphatic carbocycles. The van der Waals surface area contributed by atoms with Crippen LogP contribution in [0.1, 0.15) is 44.1 Å². The Balaban J connectivity index is 1.41. The van der Waals surface area contributed by atoms with Gasteiger partial charge in [-0.05, 0) is 24.3 Å². The number of carbonyl (C=O) groups excluding carboxylic acids is 2. The van der Waals surface area contributed by atoms with Crippen LogP contribution in [0.5, 0.6) is 0 Å². The molecule has 124 valence electrons. The van der Waals surface area contributed by atoms with Gasteiger partial charge in [-0.3, -0.25) is 9.59 Å². The summed E-state index contributed by atoms with van der Waals surface area (Å²) < 4.78 is 0.